The van der Waals surface area contributed by atoms with E-state index in [-0.39, 0.29) is 12.2 Å². The van der Waals surface area contributed by atoms with Crippen molar-refractivity contribution in [2.75, 3.05) is 0 Å². The van der Waals surface area contributed by atoms with E-state index in [0.717, 1.165) is 5.56 Å². The third-order valence-corrected chi connectivity index (χ3v) is 3.63. The number of phenols is 1. The summed E-state index contributed by atoms with van der Waals surface area (Å²) in [5, 5.41) is 21.0. The van der Waals surface area contributed by atoms with Gasteiger partial charge >= 0.3 is 5.97 Å². The summed E-state index contributed by atoms with van der Waals surface area (Å²) in [7, 11) is 0. The second-order valence-electron chi connectivity index (χ2n) is 5.57. The molecule has 2 atom stereocenters. The minimum absolute atomic E-state index is 0.0968. The van der Waals surface area contributed by atoms with Gasteiger partial charge in [-0.2, -0.15) is 0 Å². The van der Waals surface area contributed by atoms with Gasteiger partial charge in [0.05, 0.1) is 6.04 Å². The van der Waals surface area contributed by atoms with Crippen molar-refractivity contribution in [3.63, 3.8) is 0 Å². The standard InChI is InChI=1S/C18H20N2O4/c19-15(10-12-4-2-1-3-5-12)17(22)20-16(18(23)24)11-13-6-8-14(21)9-7-13/h1-9,15-16,21H,10-11,19H2,(H,20,22)(H,23,24)/t15-,16?/m0/s1. The van der Waals surface area contributed by atoms with E-state index in [2.05, 4.69) is 5.32 Å². The maximum Gasteiger partial charge on any atom is 0.326 e. The highest BCUT2D eigenvalue weighted by Crippen LogP contribution is 2.11. The lowest BCUT2D eigenvalue weighted by molar-refractivity contribution is -0.141. The Morgan fingerprint density at radius 1 is 0.958 bits per heavy atom. The van der Waals surface area contributed by atoms with Crippen molar-refractivity contribution in [3.05, 3.63) is 65.7 Å². The average molecular weight is 328 g/mol. The maximum absolute atomic E-state index is 12.2. The molecule has 6 nitrogen and oxygen atoms in total. The third kappa shape index (κ3) is 5.10. The largest absolute Gasteiger partial charge is 0.508 e. The fourth-order valence-electron chi connectivity index (χ4n) is 2.31. The number of amides is 1. The Hall–Kier alpha value is -2.86. The van der Waals surface area contributed by atoms with Crippen LogP contribution in [0.4, 0.5) is 0 Å². The topological polar surface area (TPSA) is 113 Å². The molecule has 0 fully saturated rings. The number of hydrogen-bond donors (Lipinski definition) is 4. The third-order valence-electron chi connectivity index (χ3n) is 3.63. The number of aromatic hydroxyl groups is 1. The van der Waals surface area contributed by atoms with Crippen LogP contribution in [0.15, 0.2) is 54.6 Å². The summed E-state index contributed by atoms with van der Waals surface area (Å²) in [6.07, 6.45) is 0.442. The Bertz CT molecular complexity index is 686. The summed E-state index contributed by atoms with van der Waals surface area (Å²) < 4.78 is 0. The number of carboxylic acid groups (broad SMARTS) is 1. The number of carboxylic acids is 1. The lowest BCUT2D eigenvalue weighted by Gasteiger charge is -2.18. The van der Waals surface area contributed by atoms with Crippen LogP contribution in [0.3, 0.4) is 0 Å². The zero-order valence-corrected chi connectivity index (χ0v) is 13.1. The van der Waals surface area contributed by atoms with Gasteiger partial charge in [-0.1, -0.05) is 42.5 Å². The minimum Gasteiger partial charge on any atom is -0.508 e. The van der Waals surface area contributed by atoms with Gasteiger partial charge in [0.1, 0.15) is 11.8 Å². The molecule has 0 aliphatic heterocycles. The van der Waals surface area contributed by atoms with Gasteiger partial charge in [-0.25, -0.2) is 4.79 Å². The normalized spacial score (nSPS) is 13.0. The predicted octanol–water partition coefficient (Wildman–Crippen LogP) is 1.07. The van der Waals surface area contributed by atoms with Crippen molar-refractivity contribution in [1.29, 1.82) is 0 Å². The van der Waals surface area contributed by atoms with Crippen LogP contribution in [0.5, 0.6) is 5.75 Å². The van der Waals surface area contributed by atoms with Crippen molar-refractivity contribution in [1.82, 2.24) is 5.32 Å². The SMILES string of the molecule is N[C@@H](Cc1ccccc1)C(=O)NC(Cc1ccc(O)cc1)C(=O)O. The van der Waals surface area contributed by atoms with E-state index < -0.39 is 24.0 Å². The number of nitrogens with one attached hydrogen (secondary N) is 1. The Balaban J connectivity index is 1.97. The van der Waals surface area contributed by atoms with Crippen molar-refractivity contribution in [2.24, 2.45) is 5.73 Å². The molecule has 0 radical (unpaired) electrons. The summed E-state index contributed by atoms with van der Waals surface area (Å²) in [6.45, 7) is 0. The molecule has 0 heterocycles. The fraction of sp³-hybridized carbons (Fsp3) is 0.222. The molecule has 0 spiro atoms. The molecule has 6 heteroatoms. The molecular weight excluding hydrogens is 308 g/mol. The monoisotopic (exact) mass is 328 g/mol. The molecule has 0 saturated heterocycles. The van der Waals surface area contributed by atoms with Crippen LogP contribution in [-0.4, -0.2) is 34.2 Å². The molecule has 1 unspecified atom stereocenters. The van der Waals surface area contributed by atoms with E-state index in [0.29, 0.717) is 12.0 Å². The second kappa shape index (κ2) is 8.12. The van der Waals surface area contributed by atoms with E-state index >= 15 is 0 Å². The highest BCUT2D eigenvalue weighted by molar-refractivity contribution is 5.87. The van der Waals surface area contributed by atoms with Gasteiger partial charge in [0, 0.05) is 6.42 Å². The molecule has 5 N–H and O–H groups in total. The highest BCUT2D eigenvalue weighted by Gasteiger charge is 2.23. The van der Waals surface area contributed by atoms with Gasteiger partial charge < -0.3 is 21.3 Å². The number of nitrogens with two attached hydrogens (primary N) is 1. The van der Waals surface area contributed by atoms with E-state index in [1.807, 2.05) is 30.3 Å². The number of phenolic OH excluding ortho intramolecular Hbond substituents is 1. The summed E-state index contributed by atoms with van der Waals surface area (Å²) in [5.74, 6) is -1.55. The van der Waals surface area contributed by atoms with E-state index in [1.54, 1.807) is 12.1 Å². The average Bonchev–Trinajstić information content (AvgIpc) is 2.56. The molecule has 126 valence electrons. The first-order valence-corrected chi connectivity index (χ1v) is 7.56. The molecule has 24 heavy (non-hydrogen) atoms. The number of carbonyl (C=O) groups excluding carboxylic acids is 1. The molecule has 2 aromatic carbocycles. The van der Waals surface area contributed by atoms with E-state index in [9.17, 15) is 19.8 Å². The van der Waals surface area contributed by atoms with Crippen LogP contribution in [-0.2, 0) is 22.4 Å². The molecule has 0 saturated carbocycles. The first kappa shape index (κ1) is 17.5. The van der Waals surface area contributed by atoms with Crippen LogP contribution < -0.4 is 11.1 Å². The van der Waals surface area contributed by atoms with Crippen molar-refractivity contribution in [3.8, 4) is 5.75 Å². The lowest BCUT2D eigenvalue weighted by atomic mass is 10.0. The van der Waals surface area contributed by atoms with Crippen LogP contribution in [0.2, 0.25) is 0 Å². The van der Waals surface area contributed by atoms with Gasteiger partial charge in [0.2, 0.25) is 5.91 Å². The van der Waals surface area contributed by atoms with Crippen molar-refractivity contribution >= 4 is 11.9 Å². The molecular formula is C18H20N2O4. The van der Waals surface area contributed by atoms with Crippen LogP contribution in [0, 0.1) is 0 Å². The zero-order valence-electron chi connectivity index (χ0n) is 13.1. The van der Waals surface area contributed by atoms with Gasteiger partial charge in [0.15, 0.2) is 0 Å². The Morgan fingerprint density at radius 2 is 1.54 bits per heavy atom. The summed E-state index contributed by atoms with van der Waals surface area (Å²) >= 11 is 0. The number of hydrogen-bond acceptors (Lipinski definition) is 4. The smallest absolute Gasteiger partial charge is 0.326 e. The van der Waals surface area contributed by atoms with Crippen LogP contribution >= 0.6 is 0 Å². The molecule has 2 aromatic rings. The van der Waals surface area contributed by atoms with Gasteiger partial charge in [-0.15, -0.1) is 0 Å². The zero-order chi connectivity index (χ0) is 17.5. The van der Waals surface area contributed by atoms with E-state index in [1.165, 1.54) is 12.1 Å². The highest BCUT2D eigenvalue weighted by atomic mass is 16.4. The van der Waals surface area contributed by atoms with Crippen LogP contribution in [0.25, 0.3) is 0 Å². The molecule has 1 amide bonds. The minimum atomic E-state index is -1.14. The molecule has 2 rings (SSSR count). The Morgan fingerprint density at radius 3 is 2.12 bits per heavy atom. The van der Waals surface area contributed by atoms with E-state index in [4.69, 9.17) is 5.73 Å². The first-order chi connectivity index (χ1) is 11.5. The number of carbonyl (C=O) groups is 2. The molecule has 0 aliphatic carbocycles. The molecule has 0 bridgehead atoms. The van der Waals surface area contributed by atoms with Gasteiger partial charge in [-0.3, -0.25) is 4.79 Å². The van der Waals surface area contributed by atoms with Crippen molar-refractivity contribution in [2.45, 2.75) is 24.9 Å². The lowest BCUT2D eigenvalue weighted by Crippen LogP contribution is -2.50. The number of rotatable bonds is 7. The quantitative estimate of drug-likeness (QED) is 0.607. The number of aliphatic carboxylic acids is 1. The fourth-order valence-corrected chi connectivity index (χ4v) is 2.31. The summed E-state index contributed by atoms with van der Waals surface area (Å²) in [4.78, 5) is 23.5. The Kier molecular flexibility index (Phi) is 5.92. The maximum atomic E-state index is 12.2. The van der Waals surface area contributed by atoms with Gasteiger partial charge in [-0.05, 0) is 29.7 Å². The summed E-state index contributed by atoms with van der Waals surface area (Å²) in [5.41, 5.74) is 7.47. The van der Waals surface area contributed by atoms with Crippen LogP contribution in [0.1, 0.15) is 11.1 Å². The van der Waals surface area contributed by atoms with Crippen molar-refractivity contribution < 1.29 is 19.8 Å². The number of benzene rings is 2. The van der Waals surface area contributed by atoms with Gasteiger partial charge in [0.25, 0.3) is 0 Å². The second-order valence-corrected chi connectivity index (χ2v) is 5.57. The summed E-state index contributed by atoms with van der Waals surface area (Å²) in [6, 6.07) is 13.6. The predicted molar refractivity (Wildman–Crippen MR) is 89.5 cm³/mol. The first-order valence-electron chi connectivity index (χ1n) is 7.56. The molecule has 0 aromatic heterocycles. The molecule has 0 aliphatic rings. The Labute approximate surface area is 139 Å².